The highest BCUT2D eigenvalue weighted by Gasteiger charge is 2.17. The average Bonchev–Trinajstić information content (AvgIpc) is 2.68. The van der Waals surface area contributed by atoms with Crippen molar-refractivity contribution in [3.05, 3.63) is 97.1 Å². The van der Waals surface area contributed by atoms with Crippen LogP contribution in [0.3, 0.4) is 0 Å². The minimum Gasteiger partial charge on any atom is -0.331 e. The summed E-state index contributed by atoms with van der Waals surface area (Å²) in [6.45, 7) is 0.546. The van der Waals surface area contributed by atoms with Crippen LogP contribution in [-0.4, -0.2) is 20.4 Å². The van der Waals surface area contributed by atoms with Gasteiger partial charge in [0.05, 0.1) is 22.3 Å². The van der Waals surface area contributed by atoms with Crippen LogP contribution in [0.1, 0.15) is 11.3 Å². The standard InChI is InChI=1S/C20H16BrCl2N3O2/c21-15-5-7-19(27)26(11-15)13-20(28)25(12-16-3-1-2-8-24-16)10-14-4-6-17(22)18(23)9-14/h1-9,11H,10,12-13H2. The van der Waals surface area contributed by atoms with Gasteiger partial charge in [0.25, 0.3) is 5.56 Å². The lowest BCUT2D eigenvalue weighted by Crippen LogP contribution is -2.35. The van der Waals surface area contributed by atoms with E-state index in [4.69, 9.17) is 23.2 Å². The molecule has 8 heteroatoms. The lowest BCUT2D eigenvalue weighted by atomic mass is 10.2. The van der Waals surface area contributed by atoms with Crippen molar-refractivity contribution < 1.29 is 4.79 Å². The zero-order valence-electron chi connectivity index (χ0n) is 14.7. The van der Waals surface area contributed by atoms with Crippen LogP contribution in [0.5, 0.6) is 0 Å². The molecule has 3 aromatic rings. The largest absolute Gasteiger partial charge is 0.331 e. The van der Waals surface area contributed by atoms with Crippen molar-refractivity contribution in [2.75, 3.05) is 0 Å². The van der Waals surface area contributed by atoms with Crippen molar-refractivity contribution >= 4 is 45.0 Å². The molecule has 3 rings (SSSR count). The normalized spacial score (nSPS) is 10.7. The monoisotopic (exact) mass is 479 g/mol. The third-order valence-corrected chi connectivity index (χ3v) is 5.25. The number of amides is 1. The van der Waals surface area contributed by atoms with Crippen LogP contribution in [0.2, 0.25) is 10.0 Å². The van der Waals surface area contributed by atoms with Gasteiger partial charge in [-0.2, -0.15) is 0 Å². The van der Waals surface area contributed by atoms with Crippen LogP contribution in [0.4, 0.5) is 0 Å². The number of nitrogens with zero attached hydrogens (tertiary/aromatic N) is 3. The summed E-state index contributed by atoms with van der Waals surface area (Å²) < 4.78 is 2.09. The Morgan fingerprint density at radius 2 is 1.89 bits per heavy atom. The Bertz CT molecular complexity index is 1040. The summed E-state index contributed by atoms with van der Waals surface area (Å²) in [6, 6.07) is 13.8. The van der Waals surface area contributed by atoms with E-state index in [-0.39, 0.29) is 18.0 Å². The number of pyridine rings is 2. The number of carbonyl (C=O) groups excluding carboxylic acids is 1. The Labute approximate surface area is 180 Å². The fraction of sp³-hybridized carbons (Fsp3) is 0.150. The summed E-state index contributed by atoms with van der Waals surface area (Å²) in [6.07, 6.45) is 3.27. The predicted molar refractivity (Wildman–Crippen MR) is 113 cm³/mol. The van der Waals surface area contributed by atoms with Gasteiger partial charge in [-0.1, -0.05) is 35.3 Å². The summed E-state index contributed by atoms with van der Waals surface area (Å²) in [5.74, 6) is -0.211. The van der Waals surface area contributed by atoms with E-state index in [0.717, 1.165) is 15.7 Å². The van der Waals surface area contributed by atoms with Gasteiger partial charge in [0.1, 0.15) is 6.54 Å². The van der Waals surface area contributed by atoms with Gasteiger partial charge in [0.15, 0.2) is 0 Å². The molecule has 1 amide bonds. The van der Waals surface area contributed by atoms with Crippen molar-refractivity contribution in [2.24, 2.45) is 0 Å². The van der Waals surface area contributed by atoms with Crippen molar-refractivity contribution in [3.8, 4) is 0 Å². The van der Waals surface area contributed by atoms with E-state index in [1.807, 2.05) is 24.3 Å². The molecular weight excluding hydrogens is 465 g/mol. The summed E-state index contributed by atoms with van der Waals surface area (Å²) in [7, 11) is 0. The van der Waals surface area contributed by atoms with Crippen molar-refractivity contribution in [2.45, 2.75) is 19.6 Å². The highest BCUT2D eigenvalue weighted by atomic mass is 79.9. The lowest BCUT2D eigenvalue weighted by molar-refractivity contribution is -0.133. The SMILES string of the molecule is O=C(Cn1cc(Br)ccc1=O)N(Cc1ccc(Cl)c(Cl)c1)Cc1ccccn1. The number of rotatable bonds is 6. The Hall–Kier alpha value is -2.15. The number of benzene rings is 1. The number of aromatic nitrogens is 2. The molecule has 2 heterocycles. The summed E-state index contributed by atoms with van der Waals surface area (Å²) >= 11 is 15.4. The highest BCUT2D eigenvalue weighted by Crippen LogP contribution is 2.23. The Morgan fingerprint density at radius 3 is 2.61 bits per heavy atom. The van der Waals surface area contributed by atoms with Crippen LogP contribution < -0.4 is 5.56 Å². The Morgan fingerprint density at radius 1 is 1.07 bits per heavy atom. The minimum atomic E-state index is -0.246. The second-order valence-electron chi connectivity index (χ2n) is 6.13. The van der Waals surface area contributed by atoms with Gasteiger partial charge in [0.2, 0.25) is 5.91 Å². The zero-order chi connectivity index (χ0) is 20.1. The van der Waals surface area contributed by atoms with Gasteiger partial charge in [-0.15, -0.1) is 0 Å². The number of hydrogen-bond donors (Lipinski definition) is 0. The molecule has 0 saturated carbocycles. The molecule has 1 aromatic carbocycles. The van der Waals surface area contributed by atoms with Gasteiger partial charge in [-0.05, 0) is 51.8 Å². The number of hydrogen-bond acceptors (Lipinski definition) is 3. The fourth-order valence-corrected chi connectivity index (χ4v) is 3.35. The molecule has 0 aliphatic rings. The van der Waals surface area contributed by atoms with Gasteiger partial charge in [0, 0.05) is 29.5 Å². The molecular formula is C20H16BrCl2N3O2. The Balaban J connectivity index is 1.85. The lowest BCUT2D eigenvalue weighted by Gasteiger charge is -2.23. The summed E-state index contributed by atoms with van der Waals surface area (Å²) in [5.41, 5.74) is 1.33. The molecule has 0 spiro atoms. The molecule has 0 atom stereocenters. The van der Waals surface area contributed by atoms with Crippen LogP contribution in [0.15, 0.2) is 70.2 Å². The molecule has 0 N–H and O–H groups in total. The predicted octanol–water partition coefficient (Wildman–Crippen LogP) is 4.54. The van der Waals surface area contributed by atoms with E-state index in [9.17, 15) is 9.59 Å². The molecule has 5 nitrogen and oxygen atoms in total. The van der Waals surface area contributed by atoms with Gasteiger partial charge in [-0.25, -0.2) is 0 Å². The zero-order valence-corrected chi connectivity index (χ0v) is 17.8. The molecule has 144 valence electrons. The maximum Gasteiger partial charge on any atom is 0.251 e. The van der Waals surface area contributed by atoms with Crippen LogP contribution in [-0.2, 0) is 24.4 Å². The fourth-order valence-electron chi connectivity index (χ4n) is 2.65. The van der Waals surface area contributed by atoms with E-state index < -0.39 is 0 Å². The first-order chi connectivity index (χ1) is 13.4. The first kappa shape index (κ1) is 20.6. The van der Waals surface area contributed by atoms with Crippen LogP contribution in [0, 0.1) is 0 Å². The van der Waals surface area contributed by atoms with Crippen molar-refractivity contribution in [1.82, 2.24) is 14.5 Å². The van der Waals surface area contributed by atoms with E-state index >= 15 is 0 Å². The Kier molecular flexibility index (Phi) is 6.88. The quantitative estimate of drug-likeness (QED) is 0.520. The smallest absolute Gasteiger partial charge is 0.251 e. The number of halogens is 3. The minimum absolute atomic E-state index is 0.0770. The van der Waals surface area contributed by atoms with Crippen molar-refractivity contribution in [1.29, 1.82) is 0 Å². The molecule has 0 fully saturated rings. The molecule has 2 aromatic heterocycles. The van der Waals surface area contributed by atoms with Crippen LogP contribution in [0.25, 0.3) is 0 Å². The van der Waals surface area contributed by atoms with Gasteiger partial charge >= 0.3 is 0 Å². The second kappa shape index (κ2) is 9.37. The van der Waals surface area contributed by atoms with Gasteiger partial charge in [-0.3, -0.25) is 14.6 Å². The first-order valence-electron chi connectivity index (χ1n) is 8.40. The molecule has 28 heavy (non-hydrogen) atoms. The van der Waals surface area contributed by atoms with E-state index in [1.165, 1.54) is 10.6 Å². The maximum atomic E-state index is 13.0. The average molecular weight is 481 g/mol. The van der Waals surface area contributed by atoms with Gasteiger partial charge < -0.3 is 9.47 Å². The van der Waals surface area contributed by atoms with E-state index in [0.29, 0.717) is 23.1 Å². The molecule has 0 radical (unpaired) electrons. The summed E-state index contributed by atoms with van der Waals surface area (Å²) in [5, 5.41) is 0.876. The molecule has 0 aliphatic carbocycles. The third-order valence-electron chi connectivity index (χ3n) is 4.04. The topological polar surface area (TPSA) is 55.2 Å². The first-order valence-corrected chi connectivity index (χ1v) is 9.95. The number of carbonyl (C=O) groups is 1. The molecule has 0 saturated heterocycles. The highest BCUT2D eigenvalue weighted by molar-refractivity contribution is 9.10. The molecule has 0 aliphatic heterocycles. The molecule has 0 unspecified atom stereocenters. The van der Waals surface area contributed by atoms with E-state index in [2.05, 4.69) is 20.9 Å². The third kappa shape index (κ3) is 5.44. The maximum absolute atomic E-state index is 13.0. The second-order valence-corrected chi connectivity index (χ2v) is 7.86. The summed E-state index contributed by atoms with van der Waals surface area (Å²) in [4.78, 5) is 31.0. The van der Waals surface area contributed by atoms with Crippen LogP contribution >= 0.6 is 39.1 Å². The molecule has 0 bridgehead atoms. The van der Waals surface area contributed by atoms with E-state index in [1.54, 1.807) is 35.5 Å². The van der Waals surface area contributed by atoms with Crippen molar-refractivity contribution in [3.63, 3.8) is 0 Å².